The normalized spacial score (nSPS) is 15.4. The molecule has 0 aliphatic heterocycles. The second-order valence-corrected chi connectivity index (χ2v) is 4.42. The maximum Gasteiger partial charge on any atom is 0.462 e. The van der Waals surface area contributed by atoms with Gasteiger partial charge < -0.3 is 4.74 Å². The lowest BCUT2D eigenvalue weighted by molar-refractivity contribution is -0.462. The highest BCUT2D eigenvalue weighted by Crippen LogP contribution is 2.48. The maximum atomic E-state index is 13.1. The Balaban J connectivity index is 2.80. The van der Waals surface area contributed by atoms with Gasteiger partial charge in [-0.3, -0.25) is 4.74 Å². The summed E-state index contributed by atoms with van der Waals surface area (Å²) >= 11 is 0. The molecule has 0 fully saturated rings. The van der Waals surface area contributed by atoms with Crippen LogP contribution in [0.15, 0.2) is 36.6 Å². The average Bonchev–Trinajstić information content (AvgIpc) is 2.46. The van der Waals surface area contributed by atoms with Crippen molar-refractivity contribution in [2.75, 3.05) is 0 Å². The number of rotatable bonds is 7. The third kappa shape index (κ3) is 5.00. The first-order valence-electron chi connectivity index (χ1n) is 6.12. The zero-order valence-corrected chi connectivity index (χ0v) is 11.7. The van der Waals surface area contributed by atoms with Gasteiger partial charge in [-0.25, -0.2) is 4.39 Å². The van der Waals surface area contributed by atoms with E-state index in [1.165, 1.54) is 24.3 Å². The molecule has 1 unspecified atom stereocenters. The Labute approximate surface area is 133 Å². The minimum atomic E-state index is -6.90. The molecular weight excluding hydrogens is 378 g/mol. The molecule has 142 valence electrons. The second kappa shape index (κ2) is 7.10. The molecule has 0 radical (unpaired) electrons. The van der Waals surface area contributed by atoms with E-state index >= 15 is 0 Å². The van der Waals surface area contributed by atoms with Crippen LogP contribution in [0.1, 0.15) is 5.56 Å². The summed E-state index contributed by atoms with van der Waals surface area (Å²) in [6.45, 7) is 0. The van der Waals surface area contributed by atoms with Gasteiger partial charge in [0.1, 0.15) is 0 Å². The molecule has 0 saturated heterocycles. The topological polar surface area (TPSA) is 18.5 Å². The number of alkyl halides is 10. The van der Waals surface area contributed by atoms with Gasteiger partial charge in [-0.2, -0.15) is 39.5 Å². The van der Waals surface area contributed by atoms with Crippen LogP contribution >= 0.6 is 0 Å². The van der Waals surface area contributed by atoms with Crippen LogP contribution in [0, 0.1) is 0 Å². The Morgan fingerprint density at radius 2 is 1.36 bits per heavy atom. The summed E-state index contributed by atoms with van der Waals surface area (Å²) in [6.07, 6.45) is -22.4. The van der Waals surface area contributed by atoms with E-state index in [4.69, 9.17) is 0 Å². The molecule has 0 aliphatic carbocycles. The zero-order chi connectivity index (χ0) is 19.5. The summed E-state index contributed by atoms with van der Waals surface area (Å²) in [5, 5.41) is 0. The lowest BCUT2D eigenvalue weighted by Gasteiger charge is -2.30. The predicted molar refractivity (Wildman–Crippen MR) is 63.4 cm³/mol. The average molecular weight is 386 g/mol. The van der Waals surface area contributed by atoms with Gasteiger partial charge in [0.15, 0.2) is 0 Å². The minimum Gasteiger partial charge on any atom is -0.436 e. The first-order valence-corrected chi connectivity index (χ1v) is 6.12. The van der Waals surface area contributed by atoms with E-state index in [9.17, 15) is 43.9 Å². The van der Waals surface area contributed by atoms with E-state index < -0.39 is 30.7 Å². The third-order valence-electron chi connectivity index (χ3n) is 2.52. The molecule has 1 atom stereocenters. The van der Waals surface area contributed by atoms with E-state index in [2.05, 4.69) is 9.47 Å². The van der Waals surface area contributed by atoms with Crippen molar-refractivity contribution in [3.63, 3.8) is 0 Å². The first kappa shape index (κ1) is 21.1. The van der Waals surface area contributed by atoms with Gasteiger partial charge in [-0.1, -0.05) is 30.3 Å². The summed E-state index contributed by atoms with van der Waals surface area (Å²) < 4.78 is 131. The molecule has 1 aromatic rings. The monoisotopic (exact) mass is 386 g/mol. The van der Waals surface area contributed by atoms with Crippen molar-refractivity contribution in [3.05, 3.63) is 42.2 Å². The molecular formula is C13H8F10O2. The number of ether oxygens (including phenoxy) is 2. The van der Waals surface area contributed by atoms with Crippen LogP contribution in [0.5, 0.6) is 0 Å². The summed E-state index contributed by atoms with van der Waals surface area (Å²) in [6, 6.07) is 7.25. The third-order valence-corrected chi connectivity index (χ3v) is 2.52. The van der Waals surface area contributed by atoms with E-state index in [0.717, 1.165) is 6.08 Å². The predicted octanol–water partition coefficient (Wildman–Crippen LogP) is 5.37. The highest BCUT2D eigenvalue weighted by molar-refractivity contribution is 5.47. The van der Waals surface area contributed by atoms with Crippen molar-refractivity contribution in [2.24, 2.45) is 0 Å². The quantitative estimate of drug-likeness (QED) is 0.464. The molecule has 0 aliphatic rings. The van der Waals surface area contributed by atoms with Crippen molar-refractivity contribution in [3.8, 4) is 0 Å². The first-order chi connectivity index (χ1) is 11.2. The van der Waals surface area contributed by atoms with Gasteiger partial charge in [0.25, 0.3) is 0 Å². The molecule has 25 heavy (non-hydrogen) atoms. The molecule has 1 aromatic carbocycles. The SMILES string of the molecule is FC(OC(F)(F)C(F)(F)C(F)(F)F)C(F)(F)OC=Cc1ccccc1. The molecule has 0 heterocycles. The van der Waals surface area contributed by atoms with E-state index in [0.29, 0.717) is 0 Å². The van der Waals surface area contributed by atoms with Crippen LogP contribution < -0.4 is 0 Å². The molecule has 0 amide bonds. The van der Waals surface area contributed by atoms with Crippen LogP contribution in [-0.2, 0) is 9.47 Å². The zero-order valence-electron chi connectivity index (χ0n) is 11.7. The van der Waals surface area contributed by atoms with Crippen molar-refractivity contribution >= 4 is 6.08 Å². The Morgan fingerprint density at radius 1 is 0.840 bits per heavy atom. The van der Waals surface area contributed by atoms with E-state index in [1.54, 1.807) is 6.07 Å². The fourth-order valence-electron chi connectivity index (χ4n) is 1.26. The smallest absolute Gasteiger partial charge is 0.436 e. The Bertz CT molecular complexity index is 582. The van der Waals surface area contributed by atoms with Crippen LogP contribution in [0.2, 0.25) is 0 Å². The largest absolute Gasteiger partial charge is 0.462 e. The van der Waals surface area contributed by atoms with Crippen molar-refractivity contribution in [2.45, 2.75) is 30.7 Å². The fraction of sp³-hybridized carbons (Fsp3) is 0.385. The van der Waals surface area contributed by atoms with Crippen molar-refractivity contribution in [1.82, 2.24) is 0 Å². The van der Waals surface area contributed by atoms with E-state index in [1.807, 2.05) is 0 Å². The van der Waals surface area contributed by atoms with Crippen LogP contribution in [0.25, 0.3) is 6.08 Å². The van der Waals surface area contributed by atoms with Gasteiger partial charge in [0, 0.05) is 0 Å². The lowest BCUT2D eigenvalue weighted by atomic mass is 10.2. The molecule has 12 heteroatoms. The van der Waals surface area contributed by atoms with Crippen molar-refractivity contribution in [1.29, 1.82) is 0 Å². The molecule has 0 aromatic heterocycles. The number of hydrogen-bond donors (Lipinski definition) is 0. The minimum absolute atomic E-state index is 0.130. The molecule has 0 saturated carbocycles. The van der Waals surface area contributed by atoms with Crippen LogP contribution in [0.3, 0.4) is 0 Å². The number of halogens is 10. The van der Waals surface area contributed by atoms with Crippen molar-refractivity contribution < 1.29 is 53.4 Å². The van der Waals surface area contributed by atoms with Gasteiger partial charge in [0.05, 0.1) is 6.26 Å². The van der Waals surface area contributed by atoms with Gasteiger partial charge in [-0.05, 0) is 11.6 Å². The fourth-order valence-corrected chi connectivity index (χ4v) is 1.26. The summed E-state index contributed by atoms with van der Waals surface area (Å²) in [5.41, 5.74) is 0.253. The Morgan fingerprint density at radius 3 is 1.84 bits per heavy atom. The molecule has 0 bridgehead atoms. The molecule has 2 nitrogen and oxygen atoms in total. The summed E-state index contributed by atoms with van der Waals surface area (Å²) in [4.78, 5) is 0. The molecule has 1 rings (SSSR count). The van der Waals surface area contributed by atoms with Gasteiger partial charge in [-0.15, -0.1) is 0 Å². The highest BCUT2D eigenvalue weighted by atomic mass is 19.4. The molecule has 0 N–H and O–H groups in total. The van der Waals surface area contributed by atoms with Crippen LogP contribution in [0.4, 0.5) is 43.9 Å². The Kier molecular flexibility index (Phi) is 5.98. The number of benzene rings is 1. The molecule has 0 spiro atoms. The number of hydrogen-bond acceptors (Lipinski definition) is 2. The lowest BCUT2D eigenvalue weighted by Crippen LogP contribution is -2.55. The maximum absolute atomic E-state index is 13.1. The van der Waals surface area contributed by atoms with Gasteiger partial charge in [0.2, 0.25) is 0 Å². The Hall–Kier alpha value is -1.98. The standard InChI is InChI=1S/C13H8F10O2/c14-9(25-13(22,23)11(17,18)12(19,20)21)10(15,16)24-7-6-8-4-2-1-3-5-8/h1-7,9H. The summed E-state index contributed by atoms with van der Waals surface area (Å²) in [5.74, 6) is -6.90. The van der Waals surface area contributed by atoms with E-state index in [-0.39, 0.29) is 11.8 Å². The second-order valence-electron chi connectivity index (χ2n) is 4.42. The summed E-state index contributed by atoms with van der Waals surface area (Å²) in [7, 11) is 0. The highest BCUT2D eigenvalue weighted by Gasteiger charge is 2.76. The van der Waals surface area contributed by atoms with Crippen LogP contribution in [-0.4, -0.2) is 30.7 Å². The van der Waals surface area contributed by atoms with Gasteiger partial charge >= 0.3 is 30.7 Å².